The molecule has 0 bridgehead atoms. The molecule has 1 saturated heterocycles. The van der Waals surface area contributed by atoms with Gasteiger partial charge in [-0.3, -0.25) is 0 Å². The highest BCUT2D eigenvalue weighted by Gasteiger charge is 2.18. The highest BCUT2D eigenvalue weighted by atomic mass is 19.1. The molecule has 2 nitrogen and oxygen atoms in total. The van der Waals surface area contributed by atoms with Gasteiger partial charge in [-0.2, -0.15) is 0 Å². The Hall–Kier alpha value is -1.00. The van der Waals surface area contributed by atoms with Gasteiger partial charge in [0.05, 0.1) is 0 Å². The van der Waals surface area contributed by atoms with E-state index in [9.17, 15) is 8.78 Å². The Bertz CT molecular complexity index is 376. The Balaban J connectivity index is 2.00. The number of rotatable bonds is 3. The van der Waals surface area contributed by atoms with Gasteiger partial charge in [-0.05, 0) is 32.4 Å². The molecule has 0 radical (unpaired) electrons. The fourth-order valence-electron chi connectivity index (χ4n) is 2.29. The summed E-state index contributed by atoms with van der Waals surface area (Å²) in [5.74, 6) is -1.01. The molecule has 1 fully saturated rings. The van der Waals surface area contributed by atoms with Crippen LogP contribution in [0.15, 0.2) is 18.2 Å². The van der Waals surface area contributed by atoms with Gasteiger partial charge in [0.1, 0.15) is 11.6 Å². The third kappa shape index (κ3) is 3.23. The lowest BCUT2D eigenvalue weighted by Gasteiger charge is -2.27. The van der Waals surface area contributed by atoms with E-state index in [0.29, 0.717) is 11.6 Å². The molecule has 2 unspecified atom stereocenters. The Morgan fingerprint density at radius 2 is 2.24 bits per heavy atom. The predicted octanol–water partition coefficient (Wildman–Crippen LogP) is 2.37. The van der Waals surface area contributed by atoms with E-state index >= 15 is 0 Å². The fourth-order valence-corrected chi connectivity index (χ4v) is 2.29. The molecule has 0 amide bonds. The van der Waals surface area contributed by atoms with Gasteiger partial charge in [-0.15, -0.1) is 0 Å². The van der Waals surface area contributed by atoms with Crippen molar-refractivity contribution in [3.63, 3.8) is 0 Å². The molecule has 2 N–H and O–H groups in total. The molecule has 0 aliphatic carbocycles. The Kier molecular flexibility index (Phi) is 4.07. The molecule has 4 heteroatoms. The van der Waals surface area contributed by atoms with Gasteiger partial charge in [0.2, 0.25) is 0 Å². The van der Waals surface area contributed by atoms with E-state index in [0.717, 1.165) is 32.0 Å². The zero-order chi connectivity index (χ0) is 12.3. The third-order valence-corrected chi connectivity index (χ3v) is 3.21. The first-order chi connectivity index (χ1) is 8.16. The van der Waals surface area contributed by atoms with Gasteiger partial charge in [-0.1, -0.05) is 6.07 Å². The van der Waals surface area contributed by atoms with E-state index in [2.05, 4.69) is 10.6 Å². The SMILES string of the molecule is CC(NC1CCCNC1)c1ccc(F)cc1F. The van der Waals surface area contributed by atoms with Crippen LogP contribution in [0, 0.1) is 11.6 Å². The first kappa shape index (κ1) is 12.5. The van der Waals surface area contributed by atoms with E-state index in [1.165, 1.54) is 12.1 Å². The third-order valence-electron chi connectivity index (χ3n) is 3.21. The molecule has 1 aliphatic heterocycles. The van der Waals surface area contributed by atoms with Crippen LogP contribution in [-0.2, 0) is 0 Å². The van der Waals surface area contributed by atoms with Gasteiger partial charge in [0, 0.05) is 30.3 Å². The van der Waals surface area contributed by atoms with Crippen molar-refractivity contribution in [2.24, 2.45) is 0 Å². The molecule has 17 heavy (non-hydrogen) atoms. The quantitative estimate of drug-likeness (QED) is 0.847. The highest BCUT2D eigenvalue weighted by molar-refractivity contribution is 5.21. The topological polar surface area (TPSA) is 24.1 Å². The summed E-state index contributed by atoms with van der Waals surface area (Å²) in [6.07, 6.45) is 2.23. The van der Waals surface area contributed by atoms with Crippen molar-refractivity contribution in [3.8, 4) is 0 Å². The summed E-state index contributed by atoms with van der Waals surface area (Å²) in [6.45, 7) is 3.87. The molecule has 1 aromatic carbocycles. The Morgan fingerprint density at radius 1 is 1.41 bits per heavy atom. The first-order valence-electron chi connectivity index (χ1n) is 6.08. The largest absolute Gasteiger partial charge is 0.315 e. The van der Waals surface area contributed by atoms with Crippen LogP contribution in [0.3, 0.4) is 0 Å². The van der Waals surface area contributed by atoms with Gasteiger partial charge in [-0.25, -0.2) is 8.78 Å². The lowest BCUT2D eigenvalue weighted by molar-refractivity contribution is 0.357. The number of benzene rings is 1. The van der Waals surface area contributed by atoms with Gasteiger partial charge >= 0.3 is 0 Å². The minimum absolute atomic E-state index is 0.0968. The molecule has 2 atom stereocenters. The number of hydrogen-bond acceptors (Lipinski definition) is 2. The summed E-state index contributed by atoms with van der Waals surface area (Å²) in [7, 11) is 0. The maximum absolute atomic E-state index is 13.6. The van der Waals surface area contributed by atoms with Crippen LogP contribution in [0.1, 0.15) is 31.4 Å². The summed E-state index contributed by atoms with van der Waals surface area (Å²) in [6, 6.07) is 4.02. The number of halogens is 2. The van der Waals surface area contributed by atoms with Crippen LogP contribution in [0.25, 0.3) is 0 Å². The maximum atomic E-state index is 13.6. The molecular formula is C13H18F2N2. The standard InChI is InChI=1S/C13H18F2N2/c1-9(17-11-3-2-6-16-8-11)12-5-4-10(14)7-13(12)15/h4-5,7,9,11,16-17H,2-3,6,8H2,1H3. The second-order valence-corrected chi connectivity index (χ2v) is 4.60. The van der Waals surface area contributed by atoms with Crippen LogP contribution in [0.2, 0.25) is 0 Å². The molecular weight excluding hydrogens is 222 g/mol. The molecule has 1 heterocycles. The fraction of sp³-hybridized carbons (Fsp3) is 0.538. The molecule has 2 rings (SSSR count). The minimum atomic E-state index is -0.530. The van der Waals surface area contributed by atoms with Gasteiger partial charge < -0.3 is 10.6 Å². The van der Waals surface area contributed by atoms with Crippen LogP contribution < -0.4 is 10.6 Å². The monoisotopic (exact) mass is 240 g/mol. The van der Waals surface area contributed by atoms with Crippen LogP contribution in [-0.4, -0.2) is 19.1 Å². The Labute approximate surface area is 100 Å². The molecule has 0 aromatic heterocycles. The second kappa shape index (κ2) is 5.56. The summed E-state index contributed by atoms with van der Waals surface area (Å²) in [4.78, 5) is 0. The normalized spacial score (nSPS) is 22.4. The summed E-state index contributed by atoms with van der Waals surface area (Å²) in [5, 5.41) is 6.67. The average molecular weight is 240 g/mol. The lowest BCUT2D eigenvalue weighted by atomic mass is 10.0. The number of hydrogen-bond donors (Lipinski definition) is 2. The zero-order valence-corrected chi connectivity index (χ0v) is 9.97. The molecule has 1 aliphatic rings. The second-order valence-electron chi connectivity index (χ2n) is 4.60. The van der Waals surface area contributed by atoms with E-state index in [4.69, 9.17) is 0 Å². The molecule has 1 aromatic rings. The van der Waals surface area contributed by atoms with Gasteiger partial charge in [0.25, 0.3) is 0 Å². The smallest absolute Gasteiger partial charge is 0.130 e. The lowest BCUT2D eigenvalue weighted by Crippen LogP contribution is -2.44. The molecule has 0 spiro atoms. The van der Waals surface area contributed by atoms with Crippen molar-refractivity contribution in [2.45, 2.75) is 31.8 Å². The highest BCUT2D eigenvalue weighted by Crippen LogP contribution is 2.19. The zero-order valence-electron chi connectivity index (χ0n) is 9.97. The van der Waals surface area contributed by atoms with Crippen molar-refractivity contribution in [2.75, 3.05) is 13.1 Å². The van der Waals surface area contributed by atoms with Crippen LogP contribution >= 0.6 is 0 Å². The maximum Gasteiger partial charge on any atom is 0.130 e. The van der Waals surface area contributed by atoms with Crippen molar-refractivity contribution in [1.82, 2.24) is 10.6 Å². The van der Waals surface area contributed by atoms with E-state index in [1.807, 2.05) is 6.92 Å². The van der Waals surface area contributed by atoms with E-state index in [1.54, 1.807) is 0 Å². The predicted molar refractivity (Wildman–Crippen MR) is 63.8 cm³/mol. The Morgan fingerprint density at radius 3 is 2.88 bits per heavy atom. The van der Waals surface area contributed by atoms with Crippen molar-refractivity contribution in [1.29, 1.82) is 0 Å². The summed E-state index contributed by atoms with van der Waals surface area (Å²) < 4.78 is 26.4. The van der Waals surface area contributed by atoms with Crippen molar-refractivity contribution in [3.05, 3.63) is 35.4 Å². The molecule has 0 saturated carbocycles. The van der Waals surface area contributed by atoms with Crippen LogP contribution in [0.4, 0.5) is 8.78 Å². The number of piperidine rings is 1. The average Bonchev–Trinajstić information content (AvgIpc) is 2.30. The first-order valence-corrected chi connectivity index (χ1v) is 6.08. The number of nitrogens with one attached hydrogen (secondary N) is 2. The van der Waals surface area contributed by atoms with E-state index < -0.39 is 11.6 Å². The van der Waals surface area contributed by atoms with Crippen molar-refractivity contribution < 1.29 is 8.78 Å². The van der Waals surface area contributed by atoms with Gasteiger partial charge in [0.15, 0.2) is 0 Å². The summed E-state index contributed by atoms with van der Waals surface area (Å²) >= 11 is 0. The molecule has 94 valence electrons. The minimum Gasteiger partial charge on any atom is -0.315 e. The van der Waals surface area contributed by atoms with Crippen molar-refractivity contribution >= 4 is 0 Å². The van der Waals surface area contributed by atoms with E-state index in [-0.39, 0.29) is 6.04 Å². The summed E-state index contributed by atoms with van der Waals surface area (Å²) in [5.41, 5.74) is 0.525. The van der Waals surface area contributed by atoms with Crippen LogP contribution in [0.5, 0.6) is 0 Å².